The Morgan fingerprint density at radius 1 is 1.41 bits per heavy atom. The fourth-order valence-corrected chi connectivity index (χ4v) is 2.47. The number of aryl methyl sites for hydroxylation is 1. The fourth-order valence-electron chi connectivity index (χ4n) is 2.47. The lowest BCUT2D eigenvalue weighted by molar-refractivity contribution is 0.0172. The van der Waals surface area contributed by atoms with Gasteiger partial charge in [0.2, 0.25) is 0 Å². The summed E-state index contributed by atoms with van der Waals surface area (Å²) in [6.07, 6.45) is 1.89. The van der Waals surface area contributed by atoms with Crippen LogP contribution >= 0.6 is 0 Å². The van der Waals surface area contributed by atoms with Crippen molar-refractivity contribution in [3.8, 4) is 0 Å². The molecule has 0 aromatic carbocycles. The highest BCUT2D eigenvalue weighted by molar-refractivity contribution is 5.68. The van der Waals surface area contributed by atoms with Crippen LogP contribution < -0.4 is 5.32 Å². The smallest absolute Gasteiger partial charge is 0.410 e. The summed E-state index contributed by atoms with van der Waals surface area (Å²) in [7, 11) is 0. The Morgan fingerprint density at radius 3 is 2.82 bits per heavy atom. The summed E-state index contributed by atoms with van der Waals surface area (Å²) in [4.78, 5) is 13.9. The van der Waals surface area contributed by atoms with Crippen molar-refractivity contribution in [3.05, 3.63) is 17.8 Å². The number of carbonyl (C=O) groups is 1. The first kappa shape index (κ1) is 16.5. The van der Waals surface area contributed by atoms with E-state index in [2.05, 4.69) is 15.5 Å². The van der Waals surface area contributed by atoms with Gasteiger partial charge < -0.3 is 15.0 Å². The van der Waals surface area contributed by atoms with Crippen molar-refractivity contribution in [1.29, 1.82) is 0 Å². The number of nitrogens with zero attached hydrogens (tertiary/aromatic N) is 3. The molecule has 2 heterocycles. The number of likely N-dealkylation sites (tertiary alicyclic amines) is 1. The van der Waals surface area contributed by atoms with E-state index in [1.807, 2.05) is 44.7 Å². The molecule has 22 heavy (non-hydrogen) atoms. The minimum Gasteiger partial charge on any atom is -0.444 e. The van der Waals surface area contributed by atoms with Gasteiger partial charge in [-0.15, -0.1) is 5.10 Å². The number of amides is 1. The Hall–Kier alpha value is -1.85. The summed E-state index contributed by atoms with van der Waals surface area (Å²) in [6.45, 7) is 9.88. The molecule has 0 saturated carbocycles. The summed E-state index contributed by atoms with van der Waals surface area (Å²) >= 11 is 0. The van der Waals surface area contributed by atoms with E-state index in [9.17, 15) is 4.79 Å². The molecule has 122 valence electrons. The Morgan fingerprint density at radius 2 is 2.18 bits per heavy atom. The van der Waals surface area contributed by atoms with Crippen LogP contribution in [0, 0.1) is 12.8 Å². The van der Waals surface area contributed by atoms with E-state index >= 15 is 0 Å². The first-order valence-electron chi connectivity index (χ1n) is 7.85. The van der Waals surface area contributed by atoms with Gasteiger partial charge in [-0.05, 0) is 58.6 Å². The first-order chi connectivity index (χ1) is 10.3. The monoisotopic (exact) mass is 306 g/mol. The Labute approximate surface area is 132 Å². The zero-order chi connectivity index (χ0) is 16.2. The molecule has 6 nitrogen and oxygen atoms in total. The van der Waals surface area contributed by atoms with Crippen molar-refractivity contribution < 1.29 is 9.53 Å². The summed E-state index contributed by atoms with van der Waals surface area (Å²) < 4.78 is 5.45. The molecule has 0 spiro atoms. The molecule has 1 saturated heterocycles. The lowest BCUT2D eigenvalue weighted by Crippen LogP contribution is -2.44. The van der Waals surface area contributed by atoms with Crippen LogP contribution in [0.25, 0.3) is 0 Å². The Kier molecular flexibility index (Phi) is 5.21. The van der Waals surface area contributed by atoms with Crippen LogP contribution in [0.4, 0.5) is 10.6 Å². The van der Waals surface area contributed by atoms with Crippen molar-refractivity contribution in [2.45, 2.75) is 46.1 Å². The molecule has 1 aliphatic rings. The molecule has 1 aliphatic heterocycles. The third-order valence-electron chi connectivity index (χ3n) is 3.54. The van der Waals surface area contributed by atoms with Crippen LogP contribution in [0.2, 0.25) is 0 Å². The quantitative estimate of drug-likeness (QED) is 0.930. The SMILES string of the molecule is Cc1ccc(NC[C@H]2CCCN(C(=O)OC(C)(C)C)C2)nn1. The molecule has 1 atom stereocenters. The van der Waals surface area contributed by atoms with Crippen LogP contribution in [0.1, 0.15) is 39.3 Å². The largest absolute Gasteiger partial charge is 0.444 e. The number of carbonyl (C=O) groups excluding carboxylic acids is 1. The predicted octanol–water partition coefficient (Wildman–Crippen LogP) is 2.84. The van der Waals surface area contributed by atoms with Crippen molar-refractivity contribution in [2.75, 3.05) is 25.0 Å². The molecule has 1 fully saturated rings. The lowest BCUT2D eigenvalue weighted by Gasteiger charge is -2.34. The topological polar surface area (TPSA) is 67.4 Å². The first-order valence-corrected chi connectivity index (χ1v) is 7.85. The van der Waals surface area contributed by atoms with E-state index < -0.39 is 5.60 Å². The number of nitrogens with one attached hydrogen (secondary N) is 1. The molecule has 0 bridgehead atoms. The Balaban J connectivity index is 1.82. The van der Waals surface area contributed by atoms with Crippen molar-refractivity contribution in [2.24, 2.45) is 5.92 Å². The summed E-state index contributed by atoms with van der Waals surface area (Å²) in [6, 6.07) is 3.86. The number of ether oxygens (including phenoxy) is 1. The third kappa shape index (κ3) is 5.16. The highest BCUT2D eigenvalue weighted by Gasteiger charge is 2.27. The second kappa shape index (κ2) is 6.94. The maximum atomic E-state index is 12.1. The molecule has 0 radical (unpaired) electrons. The number of rotatable bonds is 3. The highest BCUT2D eigenvalue weighted by Crippen LogP contribution is 2.19. The summed E-state index contributed by atoms with van der Waals surface area (Å²) in [5.41, 5.74) is 0.457. The van der Waals surface area contributed by atoms with Gasteiger partial charge in [-0.25, -0.2) is 4.79 Å². The van der Waals surface area contributed by atoms with Crippen LogP contribution in [0.3, 0.4) is 0 Å². The van der Waals surface area contributed by atoms with Gasteiger partial charge in [0.25, 0.3) is 0 Å². The van der Waals surface area contributed by atoms with E-state index in [-0.39, 0.29) is 6.09 Å². The molecule has 1 N–H and O–H groups in total. The maximum absolute atomic E-state index is 12.1. The minimum absolute atomic E-state index is 0.215. The normalized spacial score (nSPS) is 18.9. The van der Waals surface area contributed by atoms with Gasteiger partial charge in [0, 0.05) is 19.6 Å². The van der Waals surface area contributed by atoms with Crippen molar-refractivity contribution in [1.82, 2.24) is 15.1 Å². The minimum atomic E-state index is -0.445. The van der Waals surface area contributed by atoms with Gasteiger partial charge in [-0.1, -0.05) is 0 Å². The molecule has 6 heteroatoms. The van der Waals surface area contributed by atoms with E-state index in [0.717, 1.165) is 44.0 Å². The molecule has 1 aromatic heterocycles. The van der Waals surface area contributed by atoms with Crippen LogP contribution in [-0.2, 0) is 4.74 Å². The van der Waals surface area contributed by atoms with Crippen molar-refractivity contribution in [3.63, 3.8) is 0 Å². The van der Waals surface area contributed by atoms with Gasteiger partial charge in [0.15, 0.2) is 0 Å². The molecule has 1 amide bonds. The molecule has 2 rings (SSSR count). The zero-order valence-electron chi connectivity index (χ0n) is 13.9. The van der Waals surface area contributed by atoms with Gasteiger partial charge in [-0.3, -0.25) is 0 Å². The second-order valence-electron chi connectivity index (χ2n) is 6.88. The standard InChI is InChI=1S/C16H26N4O2/c1-12-7-8-14(19-18-12)17-10-13-6-5-9-20(11-13)15(21)22-16(2,3)4/h7-8,13H,5-6,9-11H2,1-4H3,(H,17,19)/t13-/m1/s1. The van der Waals surface area contributed by atoms with Gasteiger partial charge >= 0.3 is 6.09 Å². The van der Waals surface area contributed by atoms with Crippen LogP contribution in [0.5, 0.6) is 0 Å². The van der Waals surface area contributed by atoms with E-state index in [0.29, 0.717) is 5.92 Å². The van der Waals surface area contributed by atoms with E-state index in [1.165, 1.54) is 0 Å². The molecule has 1 aromatic rings. The average Bonchev–Trinajstić information content (AvgIpc) is 2.45. The lowest BCUT2D eigenvalue weighted by atomic mass is 9.98. The van der Waals surface area contributed by atoms with Gasteiger partial charge in [0.05, 0.1) is 5.69 Å². The average molecular weight is 306 g/mol. The predicted molar refractivity (Wildman–Crippen MR) is 85.8 cm³/mol. The molecule has 0 unspecified atom stereocenters. The third-order valence-corrected chi connectivity index (χ3v) is 3.54. The summed E-state index contributed by atoms with van der Waals surface area (Å²) in [5.74, 6) is 1.18. The van der Waals surface area contributed by atoms with Crippen molar-refractivity contribution >= 4 is 11.9 Å². The van der Waals surface area contributed by atoms with Gasteiger partial charge in [-0.2, -0.15) is 5.10 Å². The number of piperidine rings is 1. The van der Waals surface area contributed by atoms with Gasteiger partial charge in [0.1, 0.15) is 11.4 Å². The Bertz CT molecular complexity index is 496. The summed E-state index contributed by atoms with van der Waals surface area (Å²) in [5, 5.41) is 11.4. The number of anilines is 1. The fraction of sp³-hybridized carbons (Fsp3) is 0.688. The van der Waals surface area contributed by atoms with E-state index in [4.69, 9.17) is 4.74 Å². The molecular formula is C16H26N4O2. The number of hydrogen-bond donors (Lipinski definition) is 1. The van der Waals surface area contributed by atoms with Crippen LogP contribution in [-0.4, -0.2) is 46.4 Å². The highest BCUT2D eigenvalue weighted by atomic mass is 16.6. The molecular weight excluding hydrogens is 280 g/mol. The number of hydrogen-bond acceptors (Lipinski definition) is 5. The second-order valence-corrected chi connectivity index (χ2v) is 6.88. The van der Waals surface area contributed by atoms with Crippen LogP contribution in [0.15, 0.2) is 12.1 Å². The molecule has 0 aliphatic carbocycles. The maximum Gasteiger partial charge on any atom is 0.410 e. The van der Waals surface area contributed by atoms with E-state index in [1.54, 1.807) is 0 Å². The zero-order valence-corrected chi connectivity index (χ0v) is 13.9. The number of aromatic nitrogens is 2.